The van der Waals surface area contributed by atoms with Crippen molar-refractivity contribution in [3.05, 3.63) is 34.9 Å². The lowest BCUT2D eigenvalue weighted by Gasteiger charge is -2.43. The van der Waals surface area contributed by atoms with Crippen molar-refractivity contribution in [2.75, 3.05) is 0 Å². The van der Waals surface area contributed by atoms with E-state index in [2.05, 4.69) is 32.1 Å². The molecule has 3 aliphatic rings. The van der Waals surface area contributed by atoms with Gasteiger partial charge in [0.05, 0.1) is 17.8 Å². The first-order valence-electron chi connectivity index (χ1n) is 12.2. The third kappa shape index (κ3) is 5.29. The zero-order valence-corrected chi connectivity index (χ0v) is 19.8. The standard InChI is InChI=1S/C27H44O3/c1-18(8-6-14-26(3,4)30)23-12-13-24-20(9-7-15-27(23,24)5)10-11-21-16-22(28)17-25(29)19(21)2/h9-11,18,22-25,28-30H,6-8,12-17H2,1-5H3/b11-10-/t18-,22-,23-,24-,25+,27-/m1/s1. The second-order valence-corrected chi connectivity index (χ2v) is 11.3. The van der Waals surface area contributed by atoms with Crippen LogP contribution in [-0.2, 0) is 0 Å². The first-order valence-corrected chi connectivity index (χ1v) is 12.2. The van der Waals surface area contributed by atoms with Gasteiger partial charge in [-0.3, -0.25) is 0 Å². The van der Waals surface area contributed by atoms with E-state index in [9.17, 15) is 15.3 Å². The molecule has 0 bridgehead atoms. The predicted octanol–water partition coefficient (Wildman–Crippen LogP) is 5.70. The van der Waals surface area contributed by atoms with Crippen LogP contribution >= 0.6 is 0 Å². The zero-order chi connectivity index (χ0) is 22.1. The topological polar surface area (TPSA) is 60.7 Å². The summed E-state index contributed by atoms with van der Waals surface area (Å²) in [5.41, 5.74) is 3.38. The molecule has 0 amide bonds. The van der Waals surface area contributed by atoms with Crippen molar-refractivity contribution >= 4 is 0 Å². The Morgan fingerprint density at radius 1 is 1.23 bits per heavy atom. The van der Waals surface area contributed by atoms with Gasteiger partial charge in [-0.1, -0.05) is 44.9 Å². The second-order valence-electron chi connectivity index (χ2n) is 11.3. The molecule has 3 aliphatic carbocycles. The molecular formula is C27H44O3. The Balaban J connectivity index is 1.68. The summed E-state index contributed by atoms with van der Waals surface area (Å²) >= 11 is 0. The van der Waals surface area contributed by atoms with Gasteiger partial charge in [-0.05, 0) is 99.2 Å². The maximum atomic E-state index is 10.2. The molecule has 0 saturated heterocycles. The molecule has 0 radical (unpaired) electrons. The number of aliphatic hydroxyl groups is 3. The van der Waals surface area contributed by atoms with Gasteiger partial charge in [0.2, 0.25) is 0 Å². The normalized spacial score (nSPS) is 36.2. The molecule has 3 rings (SSSR count). The van der Waals surface area contributed by atoms with Gasteiger partial charge in [-0.2, -0.15) is 0 Å². The molecule has 3 heteroatoms. The smallest absolute Gasteiger partial charge is 0.0777 e. The highest BCUT2D eigenvalue weighted by Crippen LogP contribution is 2.58. The number of hydrogen-bond acceptors (Lipinski definition) is 3. The third-order valence-electron chi connectivity index (χ3n) is 8.44. The summed E-state index contributed by atoms with van der Waals surface area (Å²) in [7, 11) is 0. The van der Waals surface area contributed by atoms with Crippen molar-refractivity contribution in [3.63, 3.8) is 0 Å². The zero-order valence-electron chi connectivity index (χ0n) is 19.8. The molecule has 0 aromatic rings. The number of rotatable bonds is 7. The minimum absolute atomic E-state index is 0.359. The Bertz CT molecular complexity index is 695. The van der Waals surface area contributed by atoms with Crippen molar-refractivity contribution in [2.45, 2.75) is 110 Å². The first-order chi connectivity index (χ1) is 14.0. The van der Waals surface area contributed by atoms with Gasteiger partial charge in [0.25, 0.3) is 0 Å². The van der Waals surface area contributed by atoms with E-state index in [0.29, 0.717) is 30.1 Å². The molecule has 0 unspecified atom stereocenters. The van der Waals surface area contributed by atoms with Crippen molar-refractivity contribution in [2.24, 2.45) is 23.2 Å². The Morgan fingerprint density at radius 3 is 2.67 bits per heavy atom. The fourth-order valence-electron chi connectivity index (χ4n) is 6.58. The van der Waals surface area contributed by atoms with Crippen LogP contribution in [0.15, 0.2) is 34.9 Å². The SMILES string of the molecule is CC1=C(/C=C\C2=CCC[C@@]3(C)[C@@H]2CC[C@@H]3[C@H](C)CCCC(C)(C)O)C[C@@H](O)C[C@@H]1O. The van der Waals surface area contributed by atoms with Crippen LogP contribution in [0.5, 0.6) is 0 Å². The summed E-state index contributed by atoms with van der Waals surface area (Å²) in [5.74, 6) is 2.06. The minimum atomic E-state index is -0.555. The van der Waals surface area contributed by atoms with Gasteiger partial charge < -0.3 is 15.3 Å². The highest BCUT2D eigenvalue weighted by molar-refractivity contribution is 5.37. The number of aliphatic hydroxyl groups excluding tert-OH is 2. The van der Waals surface area contributed by atoms with E-state index >= 15 is 0 Å². The van der Waals surface area contributed by atoms with Gasteiger partial charge in [-0.25, -0.2) is 0 Å². The van der Waals surface area contributed by atoms with E-state index in [1.165, 1.54) is 31.3 Å². The first kappa shape index (κ1) is 23.8. The molecule has 3 N–H and O–H groups in total. The summed E-state index contributed by atoms with van der Waals surface area (Å²) < 4.78 is 0. The van der Waals surface area contributed by atoms with Crippen molar-refractivity contribution in [3.8, 4) is 0 Å². The molecule has 0 heterocycles. The van der Waals surface area contributed by atoms with Crippen LogP contribution in [0, 0.1) is 23.2 Å². The number of allylic oxidation sites excluding steroid dienone is 4. The van der Waals surface area contributed by atoms with E-state index in [-0.39, 0.29) is 0 Å². The van der Waals surface area contributed by atoms with Crippen LogP contribution in [0.25, 0.3) is 0 Å². The molecule has 3 nitrogen and oxygen atoms in total. The molecule has 0 aromatic heterocycles. The molecule has 0 spiro atoms. The molecule has 1 saturated carbocycles. The number of fused-ring (bicyclic) bond motifs is 1. The largest absolute Gasteiger partial charge is 0.393 e. The van der Waals surface area contributed by atoms with Crippen LogP contribution in [0.2, 0.25) is 0 Å². The van der Waals surface area contributed by atoms with Crippen LogP contribution in [0.3, 0.4) is 0 Å². The lowest BCUT2D eigenvalue weighted by Crippen LogP contribution is -2.35. The summed E-state index contributed by atoms with van der Waals surface area (Å²) in [5, 5.41) is 30.3. The fraction of sp³-hybridized carbons (Fsp3) is 0.778. The van der Waals surface area contributed by atoms with E-state index in [4.69, 9.17) is 0 Å². The quantitative estimate of drug-likeness (QED) is 0.498. The summed E-state index contributed by atoms with van der Waals surface area (Å²) in [6, 6.07) is 0. The maximum Gasteiger partial charge on any atom is 0.0777 e. The van der Waals surface area contributed by atoms with Gasteiger partial charge >= 0.3 is 0 Å². The third-order valence-corrected chi connectivity index (χ3v) is 8.44. The minimum Gasteiger partial charge on any atom is -0.393 e. The molecule has 30 heavy (non-hydrogen) atoms. The molecule has 0 aromatic carbocycles. The average Bonchev–Trinajstić information content (AvgIpc) is 3.00. The molecular weight excluding hydrogens is 372 g/mol. The Hall–Kier alpha value is -0.900. The van der Waals surface area contributed by atoms with Crippen LogP contribution in [0.1, 0.15) is 92.4 Å². The summed E-state index contributed by atoms with van der Waals surface area (Å²) in [6.07, 6.45) is 15.2. The van der Waals surface area contributed by atoms with E-state index in [1.807, 2.05) is 20.8 Å². The summed E-state index contributed by atoms with van der Waals surface area (Å²) in [6.45, 7) is 10.8. The van der Waals surface area contributed by atoms with E-state index in [0.717, 1.165) is 36.3 Å². The Labute approximate surface area is 184 Å². The monoisotopic (exact) mass is 416 g/mol. The van der Waals surface area contributed by atoms with Crippen molar-refractivity contribution < 1.29 is 15.3 Å². The lowest BCUT2D eigenvalue weighted by molar-refractivity contribution is 0.0613. The highest BCUT2D eigenvalue weighted by atomic mass is 16.3. The van der Waals surface area contributed by atoms with Crippen molar-refractivity contribution in [1.29, 1.82) is 0 Å². The van der Waals surface area contributed by atoms with Gasteiger partial charge in [0.15, 0.2) is 0 Å². The molecule has 1 fully saturated rings. The molecule has 170 valence electrons. The number of hydrogen-bond donors (Lipinski definition) is 3. The van der Waals surface area contributed by atoms with Crippen LogP contribution in [0.4, 0.5) is 0 Å². The summed E-state index contributed by atoms with van der Waals surface area (Å²) in [4.78, 5) is 0. The highest BCUT2D eigenvalue weighted by Gasteiger charge is 2.49. The van der Waals surface area contributed by atoms with Crippen LogP contribution < -0.4 is 0 Å². The maximum absolute atomic E-state index is 10.2. The predicted molar refractivity (Wildman–Crippen MR) is 124 cm³/mol. The molecule has 6 atom stereocenters. The Morgan fingerprint density at radius 2 is 1.97 bits per heavy atom. The Kier molecular flexibility index (Phi) is 7.37. The lowest BCUT2D eigenvalue weighted by atomic mass is 9.62. The van der Waals surface area contributed by atoms with Gasteiger partial charge in [0.1, 0.15) is 0 Å². The van der Waals surface area contributed by atoms with Crippen molar-refractivity contribution in [1.82, 2.24) is 0 Å². The second kappa shape index (κ2) is 9.30. The molecule has 0 aliphatic heterocycles. The van der Waals surface area contributed by atoms with E-state index in [1.54, 1.807) is 0 Å². The van der Waals surface area contributed by atoms with Gasteiger partial charge in [0, 0.05) is 6.42 Å². The van der Waals surface area contributed by atoms with E-state index < -0.39 is 17.8 Å². The van der Waals surface area contributed by atoms with Gasteiger partial charge in [-0.15, -0.1) is 0 Å². The average molecular weight is 417 g/mol. The fourth-order valence-corrected chi connectivity index (χ4v) is 6.58. The van der Waals surface area contributed by atoms with Crippen LogP contribution in [-0.4, -0.2) is 33.1 Å².